The maximum atomic E-state index is 10.9. The van der Waals surface area contributed by atoms with Crippen LogP contribution in [0.3, 0.4) is 0 Å². The average Bonchev–Trinajstić information content (AvgIpc) is 2.14. The third kappa shape index (κ3) is 3.06. The summed E-state index contributed by atoms with van der Waals surface area (Å²) in [6, 6.07) is 3.90. The van der Waals surface area contributed by atoms with Crippen LogP contribution in [-0.4, -0.2) is 27.1 Å². The molecule has 1 rings (SSSR count). The van der Waals surface area contributed by atoms with Crippen LogP contribution in [0.2, 0.25) is 0 Å². The van der Waals surface area contributed by atoms with E-state index in [-0.39, 0.29) is 23.5 Å². The predicted molar refractivity (Wildman–Crippen MR) is 55.1 cm³/mol. The predicted octanol–water partition coefficient (Wildman–Crippen LogP) is 0.642. The monoisotopic (exact) mass is 224 g/mol. The molecule has 16 heavy (non-hydrogen) atoms. The van der Waals surface area contributed by atoms with E-state index in [1.54, 1.807) is 0 Å². The van der Waals surface area contributed by atoms with Gasteiger partial charge in [0.05, 0.1) is 0 Å². The Kier molecular flexibility index (Phi) is 3.63. The molecule has 1 unspecified atom stereocenters. The molecule has 0 aliphatic rings. The summed E-state index contributed by atoms with van der Waals surface area (Å²) >= 11 is 0. The van der Waals surface area contributed by atoms with Gasteiger partial charge in [0.1, 0.15) is 11.5 Å². The summed E-state index contributed by atoms with van der Waals surface area (Å²) in [6.45, 7) is 1.39. The number of benzene rings is 1. The van der Waals surface area contributed by atoms with Gasteiger partial charge in [-0.05, 0) is 30.2 Å². The number of carbonyl (C=O) groups excluding carboxylic acids is 1. The van der Waals surface area contributed by atoms with Crippen molar-refractivity contribution in [3.05, 3.63) is 29.3 Å². The minimum absolute atomic E-state index is 0.0590. The van der Waals surface area contributed by atoms with Gasteiger partial charge in [-0.3, -0.25) is 4.79 Å². The van der Waals surface area contributed by atoms with Crippen LogP contribution in [0.4, 0.5) is 0 Å². The molecule has 0 saturated heterocycles. The second-order valence-corrected chi connectivity index (χ2v) is 3.55. The highest BCUT2D eigenvalue weighted by Gasteiger charge is 2.17. The average molecular weight is 224 g/mol. The number of ketones is 1. The third-order valence-corrected chi connectivity index (χ3v) is 2.00. The molecule has 0 aromatic heterocycles. The molecule has 1 aromatic carbocycles. The van der Waals surface area contributed by atoms with E-state index in [0.29, 0.717) is 5.56 Å². The summed E-state index contributed by atoms with van der Waals surface area (Å²) in [5.74, 6) is -1.69. The molecule has 0 aliphatic carbocycles. The zero-order valence-electron chi connectivity index (χ0n) is 8.67. The lowest BCUT2D eigenvalue weighted by Gasteiger charge is -2.08. The molecule has 86 valence electrons. The Balaban J connectivity index is 3.07. The number of phenols is 1. The van der Waals surface area contributed by atoms with Crippen molar-refractivity contribution in [1.29, 1.82) is 0 Å². The maximum absolute atomic E-state index is 10.9. The van der Waals surface area contributed by atoms with Crippen LogP contribution in [0.15, 0.2) is 18.2 Å². The highest BCUT2D eigenvalue weighted by atomic mass is 16.4. The maximum Gasteiger partial charge on any atom is 0.337 e. The standard InChI is InChI=1S/C11H12O5/c1-6(12)2-7-3-8(5-9(13)4-7)10(14)11(15)16/h3-5,10,13-14H,2H2,1H3,(H,15,16). The first kappa shape index (κ1) is 12.2. The number of carboxylic acid groups (broad SMARTS) is 1. The minimum Gasteiger partial charge on any atom is -0.508 e. The quantitative estimate of drug-likeness (QED) is 0.697. The molecule has 0 heterocycles. The molecule has 1 atom stereocenters. The molecular weight excluding hydrogens is 212 g/mol. The first-order chi connectivity index (χ1) is 7.40. The molecule has 3 N–H and O–H groups in total. The molecule has 0 fully saturated rings. The Bertz CT molecular complexity index is 424. The SMILES string of the molecule is CC(=O)Cc1cc(O)cc(C(O)C(=O)O)c1. The summed E-state index contributed by atoms with van der Waals surface area (Å²) in [5.41, 5.74) is 0.534. The van der Waals surface area contributed by atoms with E-state index in [1.807, 2.05) is 0 Å². The van der Waals surface area contributed by atoms with Crippen molar-refractivity contribution in [1.82, 2.24) is 0 Å². The Morgan fingerprint density at radius 1 is 1.31 bits per heavy atom. The zero-order chi connectivity index (χ0) is 12.3. The van der Waals surface area contributed by atoms with Crippen molar-refractivity contribution in [3.8, 4) is 5.75 Å². The van der Waals surface area contributed by atoms with Crippen molar-refractivity contribution in [3.63, 3.8) is 0 Å². The van der Waals surface area contributed by atoms with E-state index in [1.165, 1.54) is 19.1 Å². The first-order valence-electron chi connectivity index (χ1n) is 4.63. The van der Waals surface area contributed by atoms with Crippen LogP contribution in [0, 0.1) is 0 Å². The number of carbonyl (C=O) groups is 2. The van der Waals surface area contributed by atoms with E-state index >= 15 is 0 Å². The molecule has 0 aliphatic heterocycles. The lowest BCUT2D eigenvalue weighted by Crippen LogP contribution is -2.11. The normalized spacial score (nSPS) is 12.1. The number of aromatic hydroxyl groups is 1. The largest absolute Gasteiger partial charge is 0.508 e. The summed E-state index contributed by atoms with van der Waals surface area (Å²) in [5, 5.41) is 27.2. The van der Waals surface area contributed by atoms with Gasteiger partial charge >= 0.3 is 5.97 Å². The molecule has 0 spiro atoms. The van der Waals surface area contributed by atoms with Crippen LogP contribution >= 0.6 is 0 Å². The summed E-state index contributed by atoms with van der Waals surface area (Å²) in [4.78, 5) is 21.4. The van der Waals surface area contributed by atoms with E-state index in [9.17, 15) is 19.8 Å². The van der Waals surface area contributed by atoms with Gasteiger partial charge in [-0.2, -0.15) is 0 Å². The van der Waals surface area contributed by atoms with Gasteiger partial charge in [-0.15, -0.1) is 0 Å². The van der Waals surface area contributed by atoms with Crippen LogP contribution in [0.25, 0.3) is 0 Å². The summed E-state index contributed by atoms with van der Waals surface area (Å²) in [6.07, 6.45) is -1.61. The van der Waals surface area contributed by atoms with Gasteiger partial charge in [0.25, 0.3) is 0 Å². The number of phenolic OH excluding ortho intramolecular Hbond substituents is 1. The van der Waals surface area contributed by atoms with E-state index in [0.717, 1.165) is 6.07 Å². The van der Waals surface area contributed by atoms with Gasteiger partial charge in [0, 0.05) is 6.42 Å². The van der Waals surface area contributed by atoms with E-state index < -0.39 is 12.1 Å². The molecule has 5 nitrogen and oxygen atoms in total. The fourth-order valence-corrected chi connectivity index (χ4v) is 1.39. The van der Waals surface area contributed by atoms with Crippen LogP contribution in [-0.2, 0) is 16.0 Å². The van der Waals surface area contributed by atoms with Crippen LogP contribution in [0.1, 0.15) is 24.2 Å². The van der Waals surface area contributed by atoms with Gasteiger partial charge in [0.15, 0.2) is 6.10 Å². The summed E-state index contributed by atoms with van der Waals surface area (Å²) < 4.78 is 0. The molecule has 5 heteroatoms. The lowest BCUT2D eigenvalue weighted by molar-refractivity contribution is -0.146. The third-order valence-electron chi connectivity index (χ3n) is 2.00. The van der Waals surface area contributed by atoms with Crippen molar-refractivity contribution < 1.29 is 24.9 Å². The number of Topliss-reactive ketones (excluding diaryl/α,β-unsaturated/α-hetero) is 1. The number of hydrogen-bond donors (Lipinski definition) is 3. The number of aliphatic carboxylic acids is 1. The topological polar surface area (TPSA) is 94.8 Å². The second-order valence-electron chi connectivity index (χ2n) is 3.55. The zero-order valence-corrected chi connectivity index (χ0v) is 8.67. The highest BCUT2D eigenvalue weighted by molar-refractivity contribution is 5.79. The first-order valence-corrected chi connectivity index (χ1v) is 4.63. The fourth-order valence-electron chi connectivity index (χ4n) is 1.39. The van der Waals surface area contributed by atoms with Gasteiger partial charge in [-0.25, -0.2) is 4.79 Å². The number of carboxylic acids is 1. The van der Waals surface area contributed by atoms with Gasteiger partial charge in [-0.1, -0.05) is 6.07 Å². The van der Waals surface area contributed by atoms with E-state index in [2.05, 4.69) is 0 Å². The Morgan fingerprint density at radius 3 is 2.44 bits per heavy atom. The molecule has 0 bridgehead atoms. The molecule has 0 amide bonds. The van der Waals surface area contributed by atoms with Crippen molar-refractivity contribution in [2.45, 2.75) is 19.4 Å². The lowest BCUT2D eigenvalue weighted by atomic mass is 10.0. The number of hydrogen-bond acceptors (Lipinski definition) is 4. The Hall–Kier alpha value is -1.88. The number of aliphatic hydroxyl groups is 1. The highest BCUT2D eigenvalue weighted by Crippen LogP contribution is 2.22. The molecule has 1 aromatic rings. The minimum atomic E-state index is -1.70. The molecular formula is C11H12O5. The van der Waals surface area contributed by atoms with Crippen molar-refractivity contribution in [2.75, 3.05) is 0 Å². The van der Waals surface area contributed by atoms with Crippen LogP contribution < -0.4 is 0 Å². The fraction of sp³-hybridized carbons (Fsp3) is 0.273. The molecule has 0 radical (unpaired) electrons. The smallest absolute Gasteiger partial charge is 0.337 e. The Morgan fingerprint density at radius 2 is 1.94 bits per heavy atom. The van der Waals surface area contributed by atoms with Crippen molar-refractivity contribution >= 4 is 11.8 Å². The van der Waals surface area contributed by atoms with Crippen LogP contribution in [0.5, 0.6) is 5.75 Å². The van der Waals surface area contributed by atoms with Gasteiger partial charge < -0.3 is 15.3 Å². The number of rotatable bonds is 4. The van der Waals surface area contributed by atoms with Gasteiger partial charge in [0.2, 0.25) is 0 Å². The van der Waals surface area contributed by atoms with E-state index in [4.69, 9.17) is 5.11 Å². The van der Waals surface area contributed by atoms with Crippen molar-refractivity contribution in [2.24, 2.45) is 0 Å². The number of aliphatic hydroxyl groups excluding tert-OH is 1. The summed E-state index contributed by atoms with van der Waals surface area (Å²) in [7, 11) is 0. The Labute approximate surface area is 92.0 Å². The second kappa shape index (κ2) is 4.76. The molecule has 0 saturated carbocycles.